The molecule has 3 rings (SSSR count). The molecule has 19 heavy (non-hydrogen) atoms. The summed E-state index contributed by atoms with van der Waals surface area (Å²) in [6, 6.07) is 9.32. The number of fused-ring (bicyclic) bond motifs is 1. The van der Waals surface area contributed by atoms with Gasteiger partial charge in [0.1, 0.15) is 6.54 Å². The molecule has 0 spiro atoms. The average Bonchev–Trinajstić information content (AvgIpc) is 2.85. The Morgan fingerprint density at radius 1 is 1.32 bits per heavy atom. The molecule has 0 aliphatic rings. The first kappa shape index (κ1) is 11.3. The normalized spacial score (nSPS) is 10.7. The first-order chi connectivity index (χ1) is 9.24. The molecule has 1 N–H and O–H groups in total. The Hall–Kier alpha value is -2.83. The van der Waals surface area contributed by atoms with Crippen LogP contribution in [0, 0.1) is 0 Å². The fraction of sp³-hybridized carbons (Fsp3) is 0.0833. The summed E-state index contributed by atoms with van der Waals surface area (Å²) in [5, 5.41) is 20.8. The van der Waals surface area contributed by atoms with Crippen LogP contribution in [-0.4, -0.2) is 36.3 Å². The first-order valence-corrected chi connectivity index (χ1v) is 5.57. The molecule has 1 aromatic carbocycles. The third-order valence-corrected chi connectivity index (χ3v) is 2.68. The van der Waals surface area contributed by atoms with E-state index in [9.17, 15) is 4.79 Å². The highest BCUT2D eigenvalue weighted by Crippen LogP contribution is 2.21. The second kappa shape index (κ2) is 4.45. The van der Waals surface area contributed by atoms with E-state index in [0.29, 0.717) is 5.82 Å². The Labute approximate surface area is 107 Å². The Morgan fingerprint density at radius 3 is 3.05 bits per heavy atom. The molecule has 3 aromatic rings. The van der Waals surface area contributed by atoms with Gasteiger partial charge < -0.3 is 5.11 Å². The summed E-state index contributed by atoms with van der Waals surface area (Å²) < 4.78 is 1.25. The maximum atomic E-state index is 10.7. The van der Waals surface area contributed by atoms with Crippen molar-refractivity contribution in [3.05, 3.63) is 36.5 Å². The van der Waals surface area contributed by atoms with Crippen molar-refractivity contribution in [2.45, 2.75) is 6.54 Å². The molecule has 2 heterocycles. The number of carboxylic acid groups (broad SMARTS) is 1. The second-order valence-electron chi connectivity index (χ2n) is 3.96. The predicted octanol–water partition coefficient (Wildman–Crippen LogP) is 0.973. The number of rotatable bonds is 3. The number of carboxylic acids is 1. The SMILES string of the molecule is O=C(O)Cn1nnnc1-c1ccc2ncccc2c1. The zero-order valence-corrected chi connectivity index (χ0v) is 9.76. The molecule has 0 bridgehead atoms. The second-order valence-corrected chi connectivity index (χ2v) is 3.96. The van der Waals surface area contributed by atoms with Crippen molar-refractivity contribution in [1.82, 2.24) is 25.2 Å². The highest BCUT2D eigenvalue weighted by molar-refractivity contribution is 5.83. The van der Waals surface area contributed by atoms with Crippen molar-refractivity contribution in [2.75, 3.05) is 0 Å². The molecule has 0 unspecified atom stereocenters. The number of pyridine rings is 1. The minimum absolute atomic E-state index is 0.270. The van der Waals surface area contributed by atoms with Crippen molar-refractivity contribution in [3.63, 3.8) is 0 Å². The standard InChI is InChI=1S/C12H9N5O2/c18-11(19)7-17-12(14-15-16-17)9-3-4-10-8(6-9)2-1-5-13-10/h1-6H,7H2,(H,18,19). The van der Waals surface area contributed by atoms with Gasteiger partial charge in [0, 0.05) is 17.1 Å². The Kier molecular flexibility index (Phi) is 2.64. The smallest absolute Gasteiger partial charge is 0.325 e. The number of benzene rings is 1. The van der Waals surface area contributed by atoms with Crippen LogP contribution in [0.3, 0.4) is 0 Å². The summed E-state index contributed by atoms with van der Waals surface area (Å²) in [7, 11) is 0. The number of aromatic nitrogens is 5. The Morgan fingerprint density at radius 2 is 2.21 bits per heavy atom. The van der Waals surface area contributed by atoms with Gasteiger partial charge >= 0.3 is 5.97 Å². The van der Waals surface area contributed by atoms with Crippen LogP contribution in [0.5, 0.6) is 0 Å². The van der Waals surface area contributed by atoms with E-state index in [2.05, 4.69) is 20.5 Å². The molecule has 7 heteroatoms. The molecule has 0 amide bonds. The van der Waals surface area contributed by atoms with Gasteiger partial charge in [-0.2, -0.15) is 0 Å². The fourth-order valence-corrected chi connectivity index (χ4v) is 1.86. The Bertz CT molecular complexity index is 752. The Balaban J connectivity index is 2.09. The zero-order valence-electron chi connectivity index (χ0n) is 9.76. The molecule has 2 aromatic heterocycles. The van der Waals surface area contributed by atoms with Crippen molar-refractivity contribution >= 4 is 16.9 Å². The quantitative estimate of drug-likeness (QED) is 0.749. The summed E-state index contributed by atoms with van der Waals surface area (Å²) in [4.78, 5) is 15.0. The monoisotopic (exact) mass is 255 g/mol. The molecule has 0 saturated carbocycles. The van der Waals surface area contributed by atoms with Crippen molar-refractivity contribution < 1.29 is 9.90 Å². The lowest BCUT2D eigenvalue weighted by Gasteiger charge is -2.03. The molecular weight excluding hydrogens is 246 g/mol. The summed E-state index contributed by atoms with van der Waals surface area (Å²) in [5.74, 6) is -0.566. The van der Waals surface area contributed by atoms with Gasteiger partial charge in [-0.1, -0.05) is 6.07 Å². The van der Waals surface area contributed by atoms with E-state index >= 15 is 0 Å². The van der Waals surface area contributed by atoms with E-state index < -0.39 is 5.97 Å². The maximum Gasteiger partial charge on any atom is 0.325 e. The van der Waals surface area contributed by atoms with Gasteiger partial charge in [-0.15, -0.1) is 5.10 Å². The van der Waals surface area contributed by atoms with Crippen LogP contribution in [0.1, 0.15) is 0 Å². The van der Waals surface area contributed by atoms with Gasteiger partial charge in [0.2, 0.25) is 0 Å². The lowest BCUT2D eigenvalue weighted by atomic mass is 10.1. The van der Waals surface area contributed by atoms with Crippen LogP contribution in [0.4, 0.5) is 0 Å². The van der Waals surface area contributed by atoms with Crippen molar-refractivity contribution in [1.29, 1.82) is 0 Å². The van der Waals surface area contributed by atoms with Gasteiger partial charge in [-0.3, -0.25) is 9.78 Å². The minimum atomic E-state index is -0.990. The molecule has 0 aliphatic heterocycles. The van der Waals surface area contributed by atoms with Crippen LogP contribution in [0.2, 0.25) is 0 Å². The molecular formula is C12H9N5O2. The van der Waals surface area contributed by atoms with E-state index in [1.165, 1.54) is 4.68 Å². The zero-order chi connectivity index (χ0) is 13.2. The molecule has 0 atom stereocenters. The number of aliphatic carboxylic acids is 1. The van der Waals surface area contributed by atoms with Gasteiger partial charge in [-0.05, 0) is 34.7 Å². The third kappa shape index (κ3) is 2.13. The van der Waals surface area contributed by atoms with Gasteiger partial charge in [-0.25, -0.2) is 4.68 Å². The summed E-state index contributed by atoms with van der Waals surface area (Å²) >= 11 is 0. The number of nitrogens with zero attached hydrogens (tertiary/aromatic N) is 5. The van der Waals surface area contributed by atoms with E-state index in [0.717, 1.165) is 16.5 Å². The third-order valence-electron chi connectivity index (χ3n) is 2.68. The maximum absolute atomic E-state index is 10.7. The summed E-state index contributed by atoms with van der Waals surface area (Å²) in [6.45, 7) is -0.270. The highest BCUT2D eigenvalue weighted by atomic mass is 16.4. The molecule has 7 nitrogen and oxygen atoms in total. The van der Waals surface area contributed by atoms with Crippen molar-refractivity contribution in [3.8, 4) is 11.4 Å². The molecule has 0 radical (unpaired) electrons. The largest absolute Gasteiger partial charge is 0.480 e. The van der Waals surface area contributed by atoms with E-state index in [1.807, 2.05) is 30.3 Å². The van der Waals surface area contributed by atoms with E-state index in [1.54, 1.807) is 6.20 Å². The topological polar surface area (TPSA) is 93.8 Å². The van der Waals surface area contributed by atoms with Crippen LogP contribution < -0.4 is 0 Å². The predicted molar refractivity (Wildman–Crippen MR) is 66.2 cm³/mol. The number of hydrogen-bond acceptors (Lipinski definition) is 5. The molecule has 94 valence electrons. The van der Waals surface area contributed by atoms with Crippen LogP contribution in [0.25, 0.3) is 22.3 Å². The fourth-order valence-electron chi connectivity index (χ4n) is 1.86. The molecule has 0 aliphatic carbocycles. The molecule has 0 fully saturated rings. The molecule has 0 saturated heterocycles. The summed E-state index contributed by atoms with van der Waals surface area (Å²) in [5.41, 5.74) is 1.62. The number of hydrogen-bond donors (Lipinski definition) is 1. The first-order valence-electron chi connectivity index (χ1n) is 5.57. The van der Waals surface area contributed by atoms with Crippen LogP contribution >= 0.6 is 0 Å². The minimum Gasteiger partial charge on any atom is -0.480 e. The number of carbonyl (C=O) groups is 1. The highest BCUT2D eigenvalue weighted by Gasteiger charge is 2.11. The van der Waals surface area contributed by atoms with Crippen LogP contribution in [0.15, 0.2) is 36.5 Å². The van der Waals surface area contributed by atoms with Gasteiger partial charge in [0.05, 0.1) is 5.52 Å². The van der Waals surface area contributed by atoms with Gasteiger partial charge in [0.25, 0.3) is 0 Å². The number of tetrazole rings is 1. The lowest BCUT2D eigenvalue weighted by molar-refractivity contribution is -0.137. The van der Waals surface area contributed by atoms with Gasteiger partial charge in [0.15, 0.2) is 5.82 Å². The van der Waals surface area contributed by atoms with Crippen LogP contribution in [-0.2, 0) is 11.3 Å². The van der Waals surface area contributed by atoms with Crippen molar-refractivity contribution in [2.24, 2.45) is 0 Å². The van der Waals surface area contributed by atoms with E-state index in [4.69, 9.17) is 5.11 Å². The average molecular weight is 255 g/mol. The van der Waals surface area contributed by atoms with E-state index in [-0.39, 0.29) is 6.54 Å². The lowest BCUT2D eigenvalue weighted by Crippen LogP contribution is -2.11. The summed E-state index contributed by atoms with van der Waals surface area (Å²) in [6.07, 6.45) is 1.72.